The Hall–Kier alpha value is -4.17. The van der Waals surface area contributed by atoms with Gasteiger partial charge < -0.3 is 15.1 Å². The van der Waals surface area contributed by atoms with Gasteiger partial charge >= 0.3 is 0 Å². The summed E-state index contributed by atoms with van der Waals surface area (Å²) in [4.78, 5) is 35.9. The number of non-ortho nitro benzene ring substituents is 1. The molecule has 2 amide bonds. The van der Waals surface area contributed by atoms with Crippen LogP contribution in [-0.4, -0.2) is 16.7 Å². The van der Waals surface area contributed by atoms with E-state index < -0.39 is 16.7 Å². The Balaban J connectivity index is 1.65. The van der Waals surface area contributed by atoms with Crippen molar-refractivity contribution in [2.45, 2.75) is 0 Å². The minimum Gasteiger partial charge on any atom is -0.449 e. The molecular formula is C22H14ClN3O5. The maximum Gasteiger partial charge on any atom is 0.293 e. The number of furan rings is 1. The second kappa shape index (κ2) is 8.29. The van der Waals surface area contributed by atoms with Gasteiger partial charge in [0.2, 0.25) is 5.76 Å². The molecule has 8 nitrogen and oxygen atoms in total. The zero-order valence-electron chi connectivity index (χ0n) is 15.8. The molecule has 0 unspecified atom stereocenters. The van der Waals surface area contributed by atoms with Crippen LogP contribution in [0.5, 0.6) is 0 Å². The number of anilines is 2. The highest BCUT2D eigenvalue weighted by atomic mass is 35.5. The van der Waals surface area contributed by atoms with Crippen LogP contribution in [0.2, 0.25) is 5.02 Å². The van der Waals surface area contributed by atoms with E-state index >= 15 is 0 Å². The van der Waals surface area contributed by atoms with Crippen LogP contribution >= 0.6 is 11.6 Å². The van der Waals surface area contributed by atoms with Crippen molar-refractivity contribution < 1.29 is 18.9 Å². The lowest BCUT2D eigenvalue weighted by Crippen LogP contribution is -2.17. The Morgan fingerprint density at radius 1 is 0.871 bits per heavy atom. The van der Waals surface area contributed by atoms with Gasteiger partial charge in [0.25, 0.3) is 17.5 Å². The summed E-state index contributed by atoms with van der Waals surface area (Å²) in [5, 5.41) is 17.2. The molecule has 2 N–H and O–H groups in total. The lowest BCUT2D eigenvalue weighted by molar-refractivity contribution is -0.384. The SMILES string of the molecule is O=C(Nc1c(C(=O)Nc2ccc([N+](=O)[O-])cc2)oc2ccccc12)c1ccc(Cl)cc1. The quantitative estimate of drug-likeness (QED) is 0.317. The number of nitro benzene ring substituents is 1. The number of para-hydroxylation sites is 1. The van der Waals surface area contributed by atoms with Crippen LogP contribution in [0.4, 0.5) is 17.1 Å². The van der Waals surface area contributed by atoms with Crippen molar-refractivity contribution in [1.82, 2.24) is 0 Å². The molecule has 1 heterocycles. The third-order valence-corrected chi connectivity index (χ3v) is 4.73. The summed E-state index contributed by atoms with van der Waals surface area (Å²) >= 11 is 5.87. The number of benzene rings is 3. The average Bonchev–Trinajstić information content (AvgIpc) is 3.13. The molecule has 3 aromatic carbocycles. The fraction of sp³-hybridized carbons (Fsp3) is 0. The van der Waals surface area contributed by atoms with Crippen molar-refractivity contribution in [3.05, 3.63) is 99.3 Å². The Morgan fingerprint density at radius 2 is 1.55 bits per heavy atom. The Morgan fingerprint density at radius 3 is 2.23 bits per heavy atom. The fourth-order valence-corrected chi connectivity index (χ4v) is 3.10. The van der Waals surface area contributed by atoms with E-state index in [1.165, 1.54) is 24.3 Å². The lowest BCUT2D eigenvalue weighted by Gasteiger charge is -2.07. The van der Waals surface area contributed by atoms with E-state index in [-0.39, 0.29) is 17.1 Å². The number of nitrogens with zero attached hydrogens (tertiary/aromatic N) is 1. The molecule has 0 radical (unpaired) electrons. The van der Waals surface area contributed by atoms with Gasteiger partial charge in [-0.1, -0.05) is 23.7 Å². The first-order valence-electron chi connectivity index (χ1n) is 9.06. The molecule has 0 spiro atoms. The number of fused-ring (bicyclic) bond motifs is 1. The number of amides is 2. The molecule has 0 aliphatic rings. The normalized spacial score (nSPS) is 10.6. The van der Waals surface area contributed by atoms with Crippen LogP contribution in [0.3, 0.4) is 0 Å². The van der Waals surface area contributed by atoms with Crippen molar-refractivity contribution in [2.24, 2.45) is 0 Å². The molecule has 0 bridgehead atoms. The predicted molar refractivity (Wildman–Crippen MR) is 117 cm³/mol. The summed E-state index contributed by atoms with van der Waals surface area (Å²) in [5.41, 5.74) is 1.23. The summed E-state index contributed by atoms with van der Waals surface area (Å²) in [6.07, 6.45) is 0. The monoisotopic (exact) mass is 435 g/mol. The van der Waals surface area contributed by atoms with E-state index in [0.29, 0.717) is 27.2 Å². The second-order valence-electron chi connectivity index (χ2n) is 6.52. The summed E-state index contributed by atoms with van der Waals surface area (Å²) in [6, 6.07) is 18.6. The number of hydrogen-bond donors (Lipinski definition) is 2. The standard InChI is InChI=1S/C22H14ClN3O5/c23-14-7-5-13(6-8-14)21(27)25-19-17-3-1-2-4-18(17)31-20(19)22(28)24-15-9-11-16(12-10-15)26(29)30/h1-12H,(H,24,28)(H,25,27). The molecule has 0 saturated heterocycles. The smallest absolute Gasteiger partial charge is 0.293 e. The molecular weight excluding hydrogens is 422 g/mol. The highest BCUT2D eigenvalue weighted by Crippen LogP contribution is 2.32. The van der Waals surface area contributed by atoms with Gasteiger partial charge in [0.05, 0.1) is 4.92 Å². The Bertz CT molecular complexity index is 1300. The van der Waals surface area contributed by atoms with Crippen LogP contribution in [0.25, 0.3) is 11.0 Å². The van der Waals surface area contributed by atoms with Gasteiger partial charge in [-0.2, -0.15) is 0 Å². The average molecular weight is 436 g/mol. The van der Waals surface area contributed by atoms with Gasteiger partial charge in [-0.05, 0) is 48.5 Å². The highest BCUT2D eigenvalue weighted by molar-refractivity contribution is 6.30. The number of halogens is 1. The van der Waals surface area contributed by atoms with Gasteiger partial charge in [-0.3, -0.25) is 19.7 Å². The van der Waals surface area contributed by atoms with Crippen molar-refractivity contribution in [3.63, 3.8) is 0 Å². The zero-order chi connectivity index (χ0) is 22.0. The van der Waals surface area contributed by atoms with Gasteiger partial charge in [0.1, 0.15) is 11.3 Å². The van der Waals surface area contributed by atoms with Crippen molar-refractivity contribution in [1.29, 1.82) is 0 Å². The van der Waals surface area contributed by atoms with Gasteiger partial charge in [0, 0.05) is 33.8 Å². The van der Waals surface area contributed by atoms with Crippen LogP contribution in [0.15, 0.2) is 77.2 Å². The van der Waals surface area contributed by atoms with Crippen LogP contribution in [0, 0.1) is 10.1 Å². The van der Waals surface area contributed by atoms with Crippen LogP contribution < -0.4 is 10.6 Å². The number of carbonyl (C=O) groups excluding carboxylic acids is 2. The molecule has 0 saturated carbocycles. The van der Waals surface area contributed by atoms with Crippen molar-refractivity contribution in [3.8, 4) is 0 Å². The molecule has 31 heavy (non-hydrogen) atoms. The molecule has 1 aromatic heterocycles. The van der Waals surface area contributed by atoms with Gasteiger partial charge in [0.15, 0.2) is 0 Å². The number of rotatable bonds is 5. The summed E-state index contributed by atoms with van der Waals surface area (Å²) < 4.78 is 5.69. The highest BCUT2D eigenvalue weighted by Gasteiger charge is 2.23. The fourth-order valence-electron chi connectivity index (χ4n) is 2.97. The minimum absolute atomic E-state index is 0.0955. The maximum absolute atomic E-state index is 12.9. The topological polar surface area (TPSA) is 114 Å². The largest absolute Gasteiger partial charge is 0.449 e. The van der Waals surface area contributed by atoms with Crippen molar-refractivity contribution in [2.75, 3.05) is 10.6 Å². The van der Waals surface area contributed by atoms with Crippen LogP contribution in [0.1, 0.15) is 20.9 Å². The van der Waals surface area contributed by atoms with E-state index in [0.717, 1.165) is 0 Å². The van der Waals surface area contributed by atoms with Crippen molar-refractivity contribution >= 4 is 51.4 Å². The third-order valence-electron chi connectivity index (χ3n) is 4.48. The van der Waals surface area contributed by atoms with E-state index in [2.05, 4.69) is 10.6 Å². The first kappa shape index (κ1) is 20.1. The maximum atomic E-state index is 12.9. The predicted octanol–water partition coefficient (Wildman–Crippen LogP) is 5.50. The number of nitrogens with one attached hydrogen (secondary N) is 2. The van der Waals surface area contributed by atoms with E-state index in [1.54, 1.807) is 48.5 Å². The number of hydrogen-bond acceptors (Lipinski definition) is 5. The van der Waals surface area contributed by atoms with E-state index in [1.807, 2.05) is 0 Å². The molecule has 0 fully saturated rings. The number of carbonyl (C=O) groups is 2. The van der Waals surface area contributed by atoms with Crippen LogP contribution in [-0.2, 0) is 0 Å². The van der Waals surface area contributed by atoms with Gasteiger partial charge in [-0.25, -0.2) is 0 Å². The summed E-state index contributed by atoms with van der Waals surface area (Å²) in [5.74, 6) is -1.15. The molecule has 0 aliphatic carbocycles. The first-order chi connectivity index (χ1) is 14.9. The zero-order valence-corrected chi connectivity index (χ0v) is 16.6. The molecule has 4 aromatic rings. The lowest BCUT2D eigenvalue weighted by atomic mass is 10.1. The minimum atomic E-state index is -0.614. The van der Waals surface area contributed by atoms with Gasteiger partial charge in [-0.15, -0.1) is 0 Å². The molecule has 0 aliphatic heterocycles. The molecule has 154 valence electrons. The third kappa shape index (κ3) is 4.24. The molecule has 9 heteroatoms. The first-order valence-corrected chi connectivity index (χ1v) is 9.44. The molecule has 4 rings (SSSR count). The molecule has 0 atom stereocenters. The summed E-state index contributed by atoms with van der Waals surface area (Å²) in [7, 11) is 0. The van der Waals surface area contributed by atoms with E-state index in [4.69, 9.17) is 16.0 Å². The number of nitro groups is 1. The van der Waals surface area contributed by atoms with E-state index in [9.17, 15) is 19.7 Å². The summed E-state index contributed by atoms with van der Waals surface area (Å²) in [6.45, 7) is 0. The Labute approximate surface area is 180 Å². The Kier molecular flexibility index (Phi) is 5.38. The second-order valence-corrected chi connectivity index (χ2v) is 6.96.